The third-order valence-electron chi connectivity index (χ3n) is 4.85. The molecule has 1 aromatic rings. The third kappa shape index (κ3) is 3.11. The van der Waals surface area contributed by atoms with E-state index in [-0.39, 0.29) is 0 Å². The predicted molar refractivity (Wildman–Crippen MR) is 77.8 cm³/mol. The molecule has 1 aliphatic carbocycles. The van der Waals surface area contributed by atoms with Crippen molar-refractivity contribution in [3.05, 3.63) is 12.3 Å². The Morgan fingerprint density at radius 3 is 2.74 bits per heavy atom. The monoisotopic (exact) mass is 262 g/mol. The van der Waals surface area contributed by atoms with Gasteiger partial charge < -0.3 is 10.6 Å². The lowest BCUT2D eigenvalue weighted by molar-refractivity contribution is 0.185. The molecular formula is C15H26N4. The van der Waals surface area contributed by atoms with Crippen molar-refractivity contribution in [1.82, 2.24) is 14.7 Å². The van der Waals surface area contributed by atoms with Crippen molar-refractivity contribution >= 4 is 5.82 Å². The lowest BCUT2D eigenvalue weighted by Crippen LogP contribution is -2.35. The normalized spacial score (nSPS) is 25.4. The van der Waals surface area contributed by atoms with Crippen LogP contribution in [-0.2, 0) is 6.54 Å². The smallest absolute Gasteiger partial charge is 0.145 e. The molecule has 1 aliphatic heterocycles. The second kappa shape index (κ2) is 5.95. The lowest BCUT2D eigenvalue weighted by atomic mass is 9.96. The molecule has 1 saturated heterocycles. The molecule has 0 radical (unpaired) electrons. The van der Waals surface area contributed by atoms with Crippen molar-refractivity contribution in [2.75, 3.05) is 18.8 Å². The molecule has 4 heteroatoms. The molecule has 1 saturated carbocycles. The zero-order valence-corrected chi connectivity index (χ0v) is 11.8. The topological polar surface area (TPSA) is 47.1 Å². The average Bonchev–Trinajstić information content (AvgIpc) is 3.09. The molecule has 2 aliphatic rings. The van der Waals surface area contributed by atoms with E-state index in [1.807, 2.05) is 16.9 Å². The second-order valence-corrected chi connectivity index (χ2v) is 6.15. The van der Waals surface area contributed by atoms with Gasteiger partial charge in [-0.2, -0.15) is 5.10 Å². The largest absolute Gasteiger partial charge is 0.382 e. The summed E-state index contributed by atoms with van der Waals surface area (Å²) in [6.45, 7) is 3.52. The van der Waals surface area contributed by atoms with E-state index in [2.05, 4.69) is 10.00 Å². The number of nitrogens with zero attached hydrogens (tertiary/aromatic N) is 3. The zero-order valence-electron chi connectivity index (χ0n) is 11.8. The zero-order chi connectivity index (χ0) is 13.1. The summed E-state index contributed by atoms with van der Waals surface area (Å²) in [6, 6.07) is 2.75. The molecule has 0 bridgehead atoms. The minimum Gasteiger partial charge on any atom is -0.382 e. The van der Waals surface area contributed by atoms with Crippen LogP contribution in [0, 0.1) is 5.92 Å². The van der Waals surface area contributed by atoms with Crippen molar-refractivity contribution in [2.45, 2.75) is 57.5 Å². The Morgan fingerprint density at radius 1 is 1.16 bits per heavy atom. The Balaban J connectivity index is 1.46. The van der Waals surface area contributed by atoms with E-state index < -0.39 is 0 Å². The fourth-order valence-corrected chi connectivity index (χ4v) is 3.94. The highest BCUT2D eigenvalue weighted by atomic mass is 15.3. The summed E-state index contributed by atoms with van der Waals surface area (Å²) in [5.41, 5.74) is 5.63. The van der Waals surface area contributed by atoms with Crippen LogP contribution >= 0.6 is 0 Å². The fourth-order valence-electron chi connectivity index (χ4n) is 3.94. The number of nitrogen functional groups attached to an aromatic ring is 1. The van der Waals surface area contributed by atoms with Gasteiger partial charge in [0, 0.05) is 25.3 Å². The second-order valence-electron chi connectivity index (χ2n) is 6.15. The van der Waals surface area contributed by atoms with E-state index in [1.54, 1.807) is 0 Å². The minimum absolute atomic E-state index is 0.630. The van der Waals surface area contributed by atoms with Crippen LogP contribution in [-0.4, -0.2) is 33.8 Å². The molecule has 2 fully saturated rings. The van der Waals surface area contributed by atoms with Gasteiger partial charge in [-0.25, -0.2) is 0 Å². The molecule has 106 valence electrons. The predicted octanol–water partition coefficient (Wildman–Crippen LogP) is 2.51. The molecule has 1 atom stereocenters. The van der Waals surface area contributed by atoms with E-state index in [4.69, 9.17) is 5.73 Å². The molecule has 3 rings (SSSR count). The van der Waals surface area contributed by atoms with Gasteiger partial charge in [0.05, 0.1) is 0 Å². The van der Waals surface area contributed by atoms with E-state index in [9.17, 15) is 0 Å². The summed E-state index contributed by atoms with van der Waals surface area (Å²) in [5.74, 6) is 1.62. The quantitative estimate of drug-likeness (QED) is 0.887. The number of hydrogen-bond donors (Lipinski definition) is 1. The van der Waals surface area contributed by atoms with Gasteiger partial charge in [0.1, 0.15) is 5.82 Å². The number of likely N-dealkylation sites (tertiary alicyclic amines) is 1. The average molecular weight is 262 g/mol. The maximum Gasteiger partial charge on any atom is 0.145 e. The van der Waals surface area contributed by atoms with Crippen LogP contribution < -0.4 is 5.73 Å². The minimum atomic E-state index is 0.630. The Hall–Kier alpha value is -1.03. The Kier molecular flexibility index (Phi) is 4.06. The Bertz CT molecular complexity index is 395. The van der Waals surface area contributed by atoms with Crippen molar-refractivity contribution in [2.24, 2.45) is 5.92 Å². The molecule has 0 amide bonds. The maximum absolute atomic E-state index is 5.63. The van der Waals surface area contributed by atoms with Crippen LogP contribution in [0.5, 0.6) is 0 Å². The van der Waals surface area contributed by atoms with E-state index in [1.165, 1.54) is 58.0 Å². The van der Waals surface area contributed by atoms with E-state index in [0.29, 0.717) is 5.82 Å². The van der Waals surface area contributed by atoms with Crippen LogP contribution in [0.1, 0.15) is 44.9 Å². The number of aryl methyl sites for hydroxylation is 1. The lowest BCUT2D eigenvalue weighted by Gasteiger charge is -2.29. The maximum atomic E-state index is 5.63. The van der Waals surface area contributed by atoms with Crippen molar-refractivity contribution < 1.29 is 0 Å². The molecule has 0 spiro atoms. The standard InChI is InChI=1S/C15H26N4/c16-15-8-12-19(17-15)11-4-10-18-9-3-7-14(18)13-5-1-2-6-13/h8,12-14H,1-7,9-11H2,(H2,16,17). The van der Waals surface area contributed by atoms with E-state index >= 15 is 0 Å². The molecule has 2 N–H and O–H groups in total. The first-order valence-corrected chi connectivity index (χ1v) is 7.86. The number of aromatic nitrogens is 2. The Morgan fingerprint density at radius 2 is 2.00 bits per heavy atom. The highest BCUT2D eigenvalue weighted by Gasteiger charge is 2.32. The molecular weight excluding hydrogens is 236 g/mol. The first kappa shape index (κ1) is 13.0. The number of anilines is 1. The van der Waals surface area contributed by atoms with Crippen LogP contribution in [0.2, 0.25) is 0 Å². The number of nitrogens with two attached hydrogens (primary N) is 1. The van der Waals surface area contributed by atoms with Gasteiger partial charge in [0.15, 0.2) is 0 Å². The summed E-state index contributed by atoms with van der Waals surface area (Å²) < 4.78 is 1.97. The van der Waals surface area contributed by atoms with Crippen molar-refractivity contribution in [3.63, 3.8) is 0 Å². The molecule has 1 aromatic heterocycles. The number of rotatable bonds is 5. The number of hydrogen-bond acceptors (Lipinski definition) is 3. The summed E-state index contributed by atoms with van der Waals surface area (Å²) in [5, 5.41) is 4.25. The third-order valence-corrected chi connectivity index (χ3v) is 4.85. The summed E-state index contributed by atoms with van der Waals surface area (Å²) >= 11 is 0. The van der Waals surface area contributed by atoms with Gasteiger partial charge in [0.25, 0.3) is 0 Å². The summed E-state index contributed by atoms with van der Waals surface area (Å²) in [4.78, 5) is 2.74. The fraction of sp³-hybridized carbons (Fsp3) is 0.800. The van der Waals surface area contributed by atoms with Gasteiger partial charge in [-0.15, -0.1) is 0 Å². The van der Waals surface area contributed by atoms with Crippen LogP contribution in [0.3, 0.4) is 0 Å². The van der Waals surface area contributed by atoms with Gasteiger partial charge >= 0.3 is 0 Å². The highest BCUT2D eigenvalue weighted by molar-refractivity contribution is 5.23. The summed E-state index contributed by atoms with van der Waals surface area (Å²) in [6.07, 6.45) is 11.9. The van der Waals surface area contributed by atoms with Crippen molar-refractivity contribution in [3.8, 4) is 0 Å². The van der Waals surface area contributed by atoms with Gasteiger partial charge in [-0.05, 0) is 50.6 Å². The van der Waals surface area contributed by atoms with Crippen LogP contribution in [0.25, 0.3) is 0 Å². The van der Waals surface area contributed by atoms with Gasteiger partial charge in [0.2, 0.25) is 0 Å². The SMILES string of the molecule is Nc1ccn(CCCN2CCCC2C2CCCC2)n1. The van der Waals surface area contributed by atoms with Crippen LogP contribution in [0.15, 0.2) is 12.3 Å². The molecule has 19 heavy (non-hydrogen) atoms. The van der Waals surface area contributed by atoms with Crippen molar-refractivity contribution in [1.29, 1.82) is 0 Å². The van der Waals surface area contributed by atoms with E-state index in [0.717, 1.165) is 18.5 Å². The molecule has 0 aromatic carbocycles. The molecule has 1 unspecified atom stereocenters. The highest BCUT2D eigenvalue weighted by Crippen LogP contribution is 2.35. The van der Waals surface area contributed by atoms with Crippen LogP contribution in [0.4, 0.5) is 5.82 Å². The molecule has 4 nitrogen and oxygen atoms in total. The summed E-state index contributed by atoms with van der Waals surface area (Å²) in [7, 11) is 0. The first-order chi connectivity index (χ1) is 9.33. The van der Waals surface area contributed by atoms with Gasteiger partial charge in [-0.3, -0.25) is 4.68 Å². The van der Waals surface area contributed by atoms with Gasteiger partial charge in [-0.1, -0.05) is 12.8 Å². The first-order valence-electron chi connectivity index (χ1n) is 7.86. The Labute approximate surface area is 116 Å². The molecule has 2 heterocycles.